The van der Waals surface area contributed by atoms with Crippen molar-refractivity contribution >= 4 is 10.1 Å². The zero-order chi connectivity index (χ0) is 8.48. The summed E-state index contributed by atoms with van der Waals surface area (Å²) in [5, 5.41) is 8.91. The van der Waals surface area contributed by atoms with Gasteiger partial charge in [-0.1, -0.05) is 12.1 Å². The van der Waals surface area contributed by atoms with Crippen molar-refractivity contribution in [1.29, 1.82) is 0 Å². The van der Waals surface area contributed by atoms with Crippen molar-refractivity contribution in [2.75, 3.05) is 0 Å². The van der Waals surface area contributed by atoms with Gasteiger partial charge in [-0.3, -0.25) is 4.55 Å². The first kappa shape index (κ1) is 10.9. The third-order valence-corrected chi connectivity index (χ3v) is 2.04. The Morgan fingerprint density at radius 3 is 2.00 bits per heavy atom. The van der Waals surface area contributed by atoms with Gasteiger partial charge in [0.05, 0.1) is 0 Å². The van der Waals surface area contributed by atoms with Crippen molar-refractivity contribution in [1.82, 2.24) is 0 Å². The molecule has 0 bridgehead atoms. The van der Waals surface area contributed by atoms with Gasteiger partial charge in [0.1, 0.15) is 10.6 Å². The summed E-state index contributed by atoms with van der Waals surface area (Å²) in [4.78, 5) is -0.472. The first-order chi connectivity index (χ1) is 5.02. The third kappa shape index (κ3) is 2.19. The summed E-state index contributed by atoms with van der Waals surface area (Å²) in [6.45, 7) is 0. The highest BCUT2D eigenvalue weighted by Gasteiger charge is 2.12. The van der Waals surface area contributed by atoms with E-state index in [1.54, 1.807) is 0 Å². The van der Waals surface area contributed by atoms with Gasteiger partial charge in [-0.25, -0.2) is 0 Å². The molecule has 6 heteroatoms. The normalized spacial score (nSPS) is 10.4. The van der Waals surface area contributed by atoms with Crippen LogP contribution in [-0.2, 0) is 10.1 Å². The second kappa shape index (κ2) is 3.53. The summed E-state index contributed by atoms with van der Waals surface area (Å²) in [5.74, 6) is -0.449. The first-order valence-electron chi connectivity index (χ1n) is 2.77. The van der Waals surface area contributed by atoms with Crippen molar-refractivity contribution in [3.8, 4) is 5.75 Å². The molecule has 0 saturated carbocycles. The highest BCUT2D eigenvalue weighted by atomic mass is 32.2. The number of phenolic OH excluding ortho intramolecular Hbond substituents is 1. The van der Waals surface area contributed by atoms with Crippen molar-refractivity contribution < 1.29 is 23.6 Å². The van der Waals surface area contributed by atoms with Gasteiger partial charge in [0, 0.05) is 0 Å². The van der Waals surface area contributed by atoms with Crippen LogP contribution in [0.1, 0.15) is 0 Å². The van der Waals surface area contributed by atoms with E-state index in [2.05, 4.69) is 0 Å². The monoisotopic (exact) mass is 192 g/mol. The maximum absolute atomic E-state index is 10.4. The molecule has 0 aliphatic carbocycles. The molecule has 0 aliphatic heterocycles. The van der Waals surface area contributed by atoms with Gasteiger partial charge in [-0.2, -0.15) is 8.42 Å². The van der Waals surface area contributed by atoms with Crippen LogP contribution in [-0.4, -0.2) is 23.6 Å². The molecule has 68 valence electrons. The van der Waals surface area contributed by atoms with Crippen molar-refractivity contribution in [3.63, 3.8) is 0 Å². The molecule has 1 rings (SSSR count). The number of phenols is 1. The SMILES string of the molecule is O.O=S(=O)(O)c1ccccc1O. The van der Waals surface area contributed by atoms with Crippen molar-refractivity contribution in [3.05, 3.63) is 24.3 Å². The lowest BCUT2D eigenvalue weighted by Gasteiger charge is -1.97. The van der Waals surface area contributed by atoms with Gasteiger partial charge >= 0.3 is 0 Å². The maximum Gasteiger partial charge on any atom is 0.298 e. The Morgan fingerprint density at radius 2 is 1.67 bits per heavy atom. The van der Waals surface area contributed by atoms with Crippen LogP contribution < -0.4 is 0 Å². The molecule has 5 nitrogen and oxygen atoms in total. The molecule has 12 heavy (non-hydrogen) atoms. The van der Waals surface area contributed by atoms with Crippen LogP contribution in [0.5, 0.6) is 5.75 Å². The van der Waals surface area contributed by atoms with Crippen LogP contribution in [0.2, 0.25) is 0 Å². The Kier molecular flexibility index (Phi) is 3.20. The Hall–Kier alpha value is -1.11. The quantitative estimate of drug-likeness (QED) is 0.601. The van der Waals surface area contributed by atoms with Gasteiger partial charge in [-0.15, -0.1) is 0 Å². The van der Waals surface area contributed by atoms with Gasteiger partial charge < -0.3 is 10.6 Å². The fourth-order valence-corrected chi connectivity index (χ4v) is 1.26. The molecule has 0 atom stereocenters. The molecular formula is C6H8O5S. The highest BCUT2D eigenvalue weighted by molar-refractivity contribution is 7.86. The number of aromatic hydroxyl groups is 1. The number of benzene rings is 1. The maximum atomic E-state index is 10.4. The number of hydrogen-bond donors (Lipinski definition) is 2. The molecular weight excluding hydrogens is 184 g/mol. The number of para-hydroxylation sites is 1. The number of rotatable bonds is 1. The van der Waals surface area contributed by atoms with Crippen LogP contribution in [0.4, 0.5) is 0 Å². The minimum atomic E-state index is -4.28. The molecule has 1 aromatic rings. The van der Waals surface area contributed by atoms with Crippen LogP contribution in [0.15, 0.2) is 29.2 Å². The fourth-order valence-electron chi connectivity index (χ4n) is 0.675. The Labute approximate surface area is 69.3 Å². The molecule has 1 aromatic carbocycles. The second-order valence-corrected chi connectivity index (χ2v) is 3.33. The summed E-state index contributed by atoms with van der Waals surface area (Å²) in [6, 6.07) is 5.17. The van der Waals surface area contributed by atoms with Crippen LogP contribution in [0, 0.1) is 0 Å². The second-order valence-electron chi connectivity index (χ2n) is 1.94. The lowest BCUT2D eigenvalue weighted by molar-refractivity contribution is 0.443. The smallest absolute Gasteiger partial charge is 0.298 e. The predicted octanol–water partition coefficient (Wildman–Crippen LogP) is -0.186. The van der Waals surface area contributed by atoms with Crippen LogP contribution in [0.3, 0.4) is 0 Å². The molecule has 0 fully saturated rings. The van der Waals surface area contributed by atoms with E-state index >= 15 is 0 Å². The van der Waals surface area contributed by atoms with E-state index in [4.69, 9.17) is 9.66 Å². The van der Waals surface area contributed by atoms with E-state index in [1.807, 2.05) is 0 Å². The summed E-state index contributed by atoms with van der Waals surface area (Å²) in [5.41, 5.74) is 0. The largest absolute Gasteiger partial charge is 0.506 e. The molecule has 0 aromatic heterocycles. The Morgan fingerprint density at radius 1 is 1.17 bits per heavy atom. The fraction of sp³-hybridized carbons (Fsp3) is 0. The van der Waals surface area contributed by atoms with E-state index in [0.717, 1.165) is 6.07 Å². The molecule has 4 N–H and O–H groups in total. The predicted molar refractivity (Wildman–Crippen MR) is 41.5 cm³/mol. The minimum Gasteiger partial charge on any atom is -0.506 e. The molecule has 0 radical (unpaired) electrons. The lowest BCUT2D eigenvalue weighted by Crippen LogP contribution is -1.97. The zero-order valence-corrected chi connectivity index (χ0v) is 6.75. The summed E-state index contributed by atoms with van der Waals surface area (Å²) >= 11 is 0. The van der Waals surface area contributed by atoms with Gasteiger partial charge in [-0.05, 0) is 12.1 Å². The average molecular weight is 192 g/mol. The van der Waals surface area contributed by atoms with Gasteiger partial charge in [0.2, 0.25) is 0 Å². The first-order valence-corrected chi connectivity index (χ1v) is 4.21. The van der Waals surface area contributed by atoms with Crippen LogP contribution in [0.25, 0.3) is 0 Å². The molecule has 0 saturated heterocycles. The Balaban J connectivity index is 0.00000121. The van der Waals surface area contributed by atoms with E-state index in [0.29, 0.717) is 0 Å². The zero-order valence-electron chi connectivity index (χ0n) is 5.93. The van der Waals surface area contributed by atoms with Gasteiger partial charge in [0.25, 0.3) is 10.1 Å². The van der Waals surface area contributed by atoms with Gasteiger partial charge in [0.15, 0.2) is 0 Å². The van der Waals surface area contributed by atoms with Crippen molar-refractivity contribution in [2.24, 2.45) is 0 Å². The Bertz CT molecular complexity index is 356. The summed E-state index contributed by atoms with van der Waals surface area (Å²) < 4.78 is 29.4. The average Bonchev–Trinajstić information content (AvgIpc) is 1.86. The highest BCUT2D eigenvalue weighted by Crippen LogP contribution is 2.20. The van der Waals surface area contributed by atoms with E-state index < -0.39 is 20.8 Å². The van der Waals surface area contributed by atoms with Crippen molar-refractivity contribution in [2.45, 2.75) is 4.90 Å². The van der Waals surface area contributed by atoms with E-state index in [9.17, 15) is 8.42 Å². The molecule has 0 amide bonds. The minimum absolute atomic E-state index is 0. The molecule has 0 heterocycles. The molecule has 0 spiro atoms. The topological polar surface area (TPSA) is 106 Å². The van der Waals surface area contributed by atoms with E-state index in [1.165, 1.54) is 18.2 Å². The summed E-state index contributed by atoms with van der Waals surface area (Å²) in [7, 11) is -4.28. The molecule has 0 unspecified atom stereocenters. The number of hydrogen-bond acceptors (Lipinski definition) is 3. The molecule has 0 aliphatic rings. The lowest BCUT2D eigenvalue weighted by atomic mass is 10.3. The third-order valence-electron chi connectivity index (χ3n) is 1.14. The summed E-state index contributed by atoms with van der Waals surface area (Å²) in [6.07, 6.45) is 0. The standard InChI is InChI=1S/C6H6O4S.H2O/c7-5-3-1-2-4-6(5)11(8,9)10;/h1-4,7H,(H,8,9,10);1H2. The van der Waals surface area contributed by atoms with E-state index in [-0.39, 0.29) is 5.48 Å². The van der Waals surface area contributed by atoms with Crippen LogP contribution >= 0.6 is 0 Å².